The Morgan fingerprint density at radius 1 is 1.16 bits per heavy atom. The first-order chi connectivity index (χ1) is 9.01. The van der Waals surface area contributed by atoms with Crippen LogP contribution < -0.4 is 15.2 Å². The third kappa shape index (κ3) is 3.03. The molecule has 0 spiro atoms. The Morgan fingerprint density at radius 3 is 2.32 bits per heavy atom. The van der Waals surface area contributed by atoms with Crippen molar-refractivity contribution in [1.82, 2.24) is 4.98 Å². The molecule has 1 heterocycles. The van der Waals surface area contributed by atoms with E-state index in [9.17, 15) is 0 Å². The highest BCUT2D eigenvalue weighted by Crippen LogP contribution is 2.38. The smallest absolute Gasteiger partial charge is 0.219 e. The molecule has 2 rings (SSSR count). The van der Waals surface area contributed by atoms with Gasteiger partial charge in [-0.25, -0.2) is 4.98 Å². The summed E-state index contributed by atoms with van der Waals surface area (Å²) in [4.78, 5) is 4.11. The highest BCUT2D eigenvalue weighted by Gasteiger charge is 2.11. The van der Waals surface area contributed by atoms with Crippen LogP contribution in [0.2, 0.25) is 10.0 Å². The quantitative estimate of drug-likeness (QED) is 0.868. The summed E-state index contributed by atoms with van der Waals surface area (Å²) >= 11 is 12.1. The van der Waals surface area contributed by atoms with Gasteiger partial charge in [-0.3, -0.25) is 0 Å². The Balaban J connectivity index is 2.34. The van der Waals surface area contributed by atoms with Crippen molar-refractivity contribution in [1.29, 1.82) is 0 Å². The van der Waals surface area contributed by atoms with Crippen LogP contribution in [0.1, 0.15) is 5.56 Å². The molecule has 100 valence electrons. The molecular weight excluding hydrogens is 287 g/mol. The van der Waals surface area contributed by atoms with Gasteiger partial charge in [0.15, 0.2) is 5.75 Å². The molecule has 2 aromatic rings. The molecule has 19 heavy (non-hydrogen) atoms. The number of nitrogen functional groups attached to an aromatic ring is 1. The minimum Gasteiger partial charge on any atom is -0.495 e. The molecule has 0 aliphatic heterocycles. The highest BCUT2D eigenvalue weighted by molar-refractivity contribution is 6.37. The van der Waals surface area contributed by atoms with E-state index in [2.05, 4.69) is 4.98 Å². The summed E-state index contributed by atoms with van der Waals surface area (Å²) in [6, 6.07) is 4.88. The van der Waals surface area contributed by atoms with E-state index < -0.39 is 0 Å². The maximum atomic E-state index is 6.04. The zero-order chi connectivity index (χ0) is 14.0. The van der Waals surface area contributed by atoms with Crippen LogP contribution in [-0.2, 0) is 0 Å². The largest absolute Gasteiger partial charge is 0.495 e. The lowest BCUT2D eigenvalue weighted by Crippen LogP contribution is -1.94. The number of hydrogen-bond donors (Lipinski definition) is 1. The number of halogens is 2. The van der Waals surface area contributed by atoms with Crippen molar-refractivity contribution >= 4 is 28.9 Å². The summed E-state index contributed by atoms with van der Waals surface area (Å²) in [6.45, 7) is 1.89. The number of aromatic nitrogens is 1. The Morgan fingerprint density at radius 2 is 1.79 bits per heavy atom. The normalized spacial score (nSPS) is 10.3. The topological polar surface area (TPSA) is 57.4 Å². The van der Waals surface area contributed by atoms with Crippen molar-refractivity contribution in [2.75, 3.05) is 12.8 Å². The van der Waals surface area contributed by atoms with Gasteiger partial charge in [-0.05, 0) is 24.6 Å². The van der Waals surface area contributed by atoms with Crippen molar-refractivity contribution in [2.45, 2.75) is 6.92 Å². The molecule has 0 aliphatic rings. The summed E-state index contributed by atoms with van der Waals surface area (Å²) in [5.41, 5.74) is 7.00. The number of benzene rings is 1. The SMILES string of the molecule is COc1cnc(Oc2c(Cl)cc(N)cc2Cl)cc1C. The lowest BCUT2D eigenvalue weighted by molar-refractivity contribution is 0.404. The molecule has 1 aromatic carbocycles. The Kier molecular flexibility index (Phi) is 4.02. The fourth-order valence-electron chi connectivity index (χ4n) is 1.57. The van der Waals surface area contributed by atoms with E-state index in [0.717, 1.165) is 5.56 Å². The number of anilines is 1. The number of nitrogens with zero attached hydrogens (tertiary/aromatic N) is 1. The van der Waals surface area contributed by atoms with Gasteiger partial charge in [-0.1, -0.05) is 23.2 Å². The number of rotatable bonds is 3. The van der Waals surface area contributed by atoms with E-state index in [-0.39, 0.29) is 0 Å². The van der Waals surface area contributed by atoms with Crippen LogP contribution in [-0.4, -0.2) is 12.1 Å². The summed E-state index contributed by atoms with van der Waals surface area (Å²) in [5.74, 6) is 1.39. The lowest BCUT2D eigenvalue weighted by Gasteiger charge is -2.11. The fourth-order valence-corrected chi connectivity index (χ4v) is 2.15. The summed E-state index contributed by atoms with van der Waals surface area (Å²) < 4.78 is 10.7. The van der Waals surface area contributed by atoms with E-state index in [0.29, 0.717) is 33.1 Å². The average Bonchev–Trinajstić information content (AvgIpc) is 2.34. The van der Waals surface area contributed by atoms with Crippen LogP contribution in [0.3, 0.4) is 0 Å². The average molecular weight is 299 g/mol. The van der Waals surface area contributed by atoms with Crippen molar-refractivity contribution in [2.24, 2.45) is 0 Å². The molecule has 0 aliphatic carbocycles. The third-order valence-corrected chi connectivity index (χ3v) is 3.05. The molecular formula is C13H12Cl2N2O2. The molecule has 4 nitrogen and oxygen atoms in total. The van der Waals surface area contributed by atoms with Crippen molar-refractivity contribution < 1.29 is 9.47 Å². The summed E-state index contributed by atoms with van der Waals surface area (Å²) in [7, 11) is 1.58. The van der Waals surface area contributed by atoms with Crippen LogP contribution in [0.5, 0.6) is 17.4 Å². The van der Waals surface area contributed by atoms with Gasteiger partial charge < -0.3 is 15.2 Å². The third-order valence-electron chi connectivity index (χ3n) is 2.48. The maximum Gasteiger partial charge on any atom is 0.219 e. The molecule has 0 radical (unpaired) electrons. The number of aryl methyl sites for hydroxylation is 1. The van der Waals surface area contributed by atoms with Gasteiger partial charge in [0.1, 0.15) is 5.75 Å². The zero-order valence-electron chi connectivity index (χ0n) is 10.4. The van der Waals surface area contributed by atoms with E-state index in [1.54, 1.807) is 31.5 Å². The van der Waals surface area contributed by atoms with E-state index in [4.69, 9.17) is 38.4 Å². The van der Waals surface area contributed by atoms with Crippen molar-refractivity contribution in [3.63, 3.8) is 0 Å². The molecule has 0 bridgehead atoms. The molecule has 0 atom stereocenters. The molecule has 1 aromatic heterocycles. The predicted molar refractivity (Wildman–Crippen MR) is 76.5 cm³/mol. The summed E-state index contributed by atoms with van der Waals surface area (Å²) in [6.07, 6.45) is 1.57. The second-order valence-electron chi connectivity index (χ2n) is 3.91. The monoisotopic (exact) mass is 298 g/mol. The van der Waals surface area contributed by atoms with Crippen LogP contribution >= 0.6 is 23.2 Å². The Hall–Kier alpha value is -1.65. The van der Waals surface area contributed by atoms with Crippen LogP contribution in [0, 0.1) is 6.92 Å². The van der Waals surface area contributed by atoms with E-state index >= 15 is 0 Å². The molecule has 0 saturated carbocycles. The Bertz CT molecular complexity index is 595. The number of pyridine rings is 1. The number of hydrogen-bond acceptors (Lipinski definition) is 4. The molecule has 6 heteroatoms. The van der Waals surface area contributed by atoms with E-state index in [1.165, 1.54) is 0 Å². The van der Waals surface area contributed by atoms with E-state index in [1.807, 2.05) is 6.92 Å². The minimum absolute atomic E-state index is 0.328. The molecule has 0 fully saturated rings. The highest BCUT2D eigenvalue weighted by atomic mass is 35.5. The molecule has 0 saturated heterocycles. The van der Waals surface area contributed by atoms with Crippen molar-refractivity contribution in [3.05, 3.63) is 40.0 Å². The molecule has 2 N–H and O–H groups in total. The maximum absolute atomic E-state index is 6.04. The number of ether oxygens (including phenoxy) is 2. The van der Waals surface area contributed by atoms with Crippen LogP contribution in [0.4, 0.5) is 5.69 Å². The Labute approximate surface area is 121 Å². The van der Waals surface area contributed by atoms with Gasteiger partial charge >= 0.3 is 0 Å². The number of nitrogens with two attached hydrogens (primary N) is 1. The first-order valence-corrected chi connectivity index (χ1v) is 6.20. The van der Waals surface area contributed by atoms with Gasteiger partial charge in [0, 0.05) is 11.8 Å². The second-order valence-corrected chi connectivity index (χ2v) is 4.72. The zero-order valence-corrected chi connectivity index (χ0v) is 11.9. The summed E-state index contributed by atoms with van der Waals surface area (Å²) in [5, 5.41) is 0.667. The van der Waals surface area contributed by atoms with Gasteiger partial charge in [0.2, 0.25) is 5.88 Å². The standard InChI is InChI=1S/C13H12Cl2N2O2/c1-7-3-12(17-6-11(7)18-2)19-13-9(14)4-8(16)5-10(13)15/h3-6H,16H2,1-2H3. The van der Waals surface area contributed by atoms with Gasteiger partial charge in [0.25, 0.3) is 0 Å². The van der Waals surface area contributed by atoms with Gasteiger partial charge in [-0.15, -0.1) is 0 Å². The van der Waals surface area contributed by atoms with Gasteiger partial charge in [-0.2, -0.15) is 0 Å². The molecule has 0 amide bonds. The minimum atomic E-state index is 0.328. The van der Waals surface area contributed by atoms with Crippen LogP contribution in [0.15, 0.2) is 24.4 Å². The fraction of sp³-hybridized carbons (Fsp3) is 0.154. The lowest BCUT2D eigenvalue weighted by atomic mass is 10.3. The first-order valence-electron chi connectivity index (χ1n) is 5.44. The van der Waals surface area contributed by atoms with Crippen LogP contribution in [0.25, 0.3) is 0 Å². The second kappa shape index (κ2) is 5.55. The first kappa shape index (κ1) is 13.8. The molecule has 0 unspecified atom stereocenters. The number of methoxy groups -OCH3 is 1. The van der Waals surface area contributed by atoms with Gasteiger partial charge in [0.05, 0.1) is 23.4 Å². The predicted octanol–water partition coefficient (Wildman–Crippen LogP) is 4.08. The van der Waals surface area contributed by atoms with Crippen molar-refractivity contribution in [3.8, 4) is 17.4 Å².